The van der Waals surface area contributed by atoms with Gasteiger partial charge in [-0.3, -0.25) is 9.69 Å². The number of aromatic nitrogens is 2. The molecule has 0 aromatic carbocycles. The molecular weight excluding hydrogens is 316 g/mol. The van der Waals surface area contributed by atoms with Gasteiger partial charge in [-0.1, -0.05) is 12.8 Å². The first-order valence-electron chi connectivity index (χ1n) is 9.38. The summed E-state index contributed by atoms with van der Waals surface area (Å²) >= 11 is 0. The van der Waals surface area contributed by atoms with E-state index in [1.54, 1.807) is 6.33 Å². The summed E-state index contributed by atoms with van der Waals surface area (Å²) in [6, 6.07) is 2.03. The summed E-state index contributed by atoms with van der Waals surface area (Å²) in [5, 5.41) is 0. The Labute approximate surface area is 150 Å². The Morgan fingerprint density at radius 2 is 1.68 bits per heavy atom. The van der Waals surface area contributed by atoms with Crippen molar-refractivity contribution in [1.29, 1.82) is 0 Å². The molecule has 138 valence electrons. The van der Waals surface area contributed by atoms with Crippen molar-refractivity contribution in [1.82, 2.24) is 19.8 Å². The third kappa shape index (κ3) is 4.81. The van der Waals surface area contributed by atoms with Crippen molar-refractivity contribution in [3.63, 3.8) is 0 Å². The van der Waals surface area contributed by atoms with Crippen LogP contribution in [0, 0.1) is 0 Å². The van der Waals surface area contributed by atoms with E-state index in [1.807, 2.05) is 25.1 Å². The Kier molecular flexibility index (Phi) is 6.07. The third-order valence-electron chi connectivity index (χ3n) is 5.11. The van der Waals surface area contributed by atoms with Gasteiger partial charge in [0.1, 0.15) is 18.0 Å². The van der Waals surface area contributed by atoms with Crippen LogP contribution in [0.3, 0.4) is 0 Å². The number of hydrogen-bond acceptors (Lipinski definition) is 6. The molecule has 25 heavy (non-hydrogen) atoms. The SMILES string of the molecule is CN(C)c1cc(N2CCN(CC(=O)N3CCCCCC3)CC2)ncn1. The van der Waals surface area contributed by atoms with Gasteiger partial charge >= 0.3 is 0 Å². The predicted molar refractivity (Wildman–Crippen MR) is 100 cm³/mol. The molecule has 1 aromatic rings. The molecule has 2 aliphatic rings. The zero-order chi connectivity index (χ0) is 17.6. The van der Waals surface area contributed by atoms with Gasteiger partial charge in [-0.2, -0.15) is 0 Å². The second-order valence-corrected chi connectivity index (χ2v) is 7.19. The fraction of sp³-hybridized carbons (Fsp3) is 0.722. The molecule has 2 fully saturated rings. The number of hydrogen-bond donors (Lipinski definition) is 0. The Morgan fingerprint density at radius 3 is 2.32 bits per heavy atom. The Bertz CT molecular complexity index is 562. The van der Waals surface area contributed by atoms with Gasteiger partial charge in [0.15, 0.2) is 0 Å². The third-order valence-corrected chi connectivity index (χ3v) is 5.11. The van der Waals surface area contributed by atoms with Crippen LogP contribution in [0.4, 0.5) is 11.6 Å². The summed E-state index contributed by atoms with van der Waals surface area (Å²) in [6.45, 7) is 6.04. The Hall–Kier alpha value is -1.89. The van der Waals surface area contributed by atoms with E-state index in [1.165, 1.54) is 12.8 Å². The lowest BCUT2D eigenvalue weighted by atomic mass is 10.2. The first-order valence-corrected chi connectivity index (χ1v) is 9.38. The highest BCUT2D eigenvalue weighted by Crippen LogP contribution is 2.18. The predicted octanol–water partition coefficient (Wildman–Crippen LogP) is 1.07. The van der Waals surface area contributed by atoms with Gasteiger partial charge in [0.25, 0.3) is 0 Å². The maximum absolute atomic E-state index is 12.5. The van der Waals surface area contributed by atoms with Gasteiger partial charge in [0.05, 0.1) is 6.54 Å². The number of amides is 1. The number of anilines is 2. The number of likely N-dealkylation sites (tertiary alicyclic amines) is 1. The maximum Gasteiger partial charge on any atom is 0.236 e. The van der Waals surface area contributed by atoms with Crippen LogP contribution >= 0.6 is 0 Å². The normalized spacial score (nSPS) is 19.6. The van der Waals surface area contributed by atoms with E-state index in [9.17, 15) is 4.79 Å². The topological polar surface area (TPSA) is 55.8 Å². The molecule has 0 radical (unpaired) electrons. The fourth-order valence-electron chi connectivity index (χ4n) is 3.50. The highest BCUT2D eigenvalue weighted by molar-refractivity contribution is 5.78. The van der Waals surface area contributed by atoms with Crippen molar-refractivity contribution in [2.75, 3.05) is 69.7 Å². The van der Waals surface area contributed by atoms with Crippen LogP contribution in [-0.2, 0) is 4.79 Å². The minimum Gasteiger partial charge on any atom is -0.363 e. The first kappa shape index (κ1) is 17.9. The number of nitrogens with zero attached hydrogens (tertiary/aromatic N) is 6. The molecule has 1 amide bonds. The summed E-state index contributed by atoms with van der Waals surface area (Å²) in [6.07, 6.45) is 6.45. The zero-order valence-electron chi connectivity index (χ0n) is 15.5. The van der Waals surface area contributed by atoms with E-state index < -0.39 is 0 Å². The number of piperazine rings is 1. The highest BCUT2D eigenvalue weighted by atomic mass is 16.2. The molecule has 7 nitrogen and oxygen atoms in total. The van der Waals surface area contributed by atoms with E-state index in [-0.39, 0.29) is 0 Å². The van der Waals surface area contributed by atoms with E-state index in [4.69, 9.17) is 0 Å². The number of rotatable bonds is 4. The second kappa shape index (κ2) is 8.47. The van der Waals surface area contributed by atoms with Crippen LogP contribution in [0.15, 0.2) is 12.4 Å². The Morgan fingerprint density at radius 1 is 1.00 bits per heavy atom. The molecule has 0 atom stereocenters. The van der Waals surface area contributed by atoms with Crippen LogP contribution in [0.25, 0.3) is 0 Å². The molecule has 1 aromatic heterocycles. The van der Waals surface area contributed by atoms with Gasteiger partial charge in [-0.05, 0) is 12.8 Å². The monoisotopic (exact) mass is 346 g/mol. The van der Waals surface area contributed by atoms with Crippen molar-refractivity contribution >= 4 is 17.5 Å². The zero-order valence-corrected chi connectivity index (χ0v) is 15.5. The molecule has 7 heteroatoms. The van der Waals surface area contributed by atoms with E-state index in [0.29, 0.717) is 12.5 Å². The van der Waals surface area contributed by atoms with Crippen LogP contribution in [-0.4, -0.2) is 85.6 Å². The molecule has 0 bridgehead atoms. The largest absolute Gasteiger partial charge is 0.363 e. The molecular formula is C18H30N6O. The molecule has 0 aliphatic carbocycles. The fourth-order valence-corrected chi connectivity index (χ4v) is 3.50. The van der Waals surface area contributed by atoms with Gasteiger partial charge in [-0.25, -0.2) is 9.97 Å². The summed E-state index contributed by atoms with van der Waals surface area (Å²) in [4.78, 5) is 29.8. The van der Waals surface area contributed by atoms with Crippen LogP contribution in [0.5, 0.6) is 0 Å². The van der Waals surface area contributed by atoms with Crippen LogP contribution in [0.2, 0.25) is 0 Å². The van der Waals surface area contributed by atoms with E-state index in [0.717, 1.165) is 63.7 Å². The van der Waals surface area contributed by atoms with Gasteiger partial charge in [-0.15, -0.1) is 0 Å². The van der Waals surface area contributed by atoms with Crippen LogP contribution < -0.4 is 9.80 Å². The highest BCUT2D eigenvalue weighted by Gasteiger charge is 2.23. The average Bonchev–Trinajstić information content (AvgIpc) is 2.92. The van der Waals surface area contributed by atoms with Gasteiger partial charge in [0.2, 0.25) is 5.91 Å². The summed E-state index contributed by atoms with van der Waals surface area (Å²) < 4.78 is 0. The molecule has 3 rings (SSSR count). The molecule has 2 aliphatic heterocycles. The van der Waals surface area contributed by atoms with Crippen molar-refractivity contribution < 1.29 is 4.79 Å². The molecule has 0 N–H and O–H groups in total. The van der Waals surface area contributed by atoms with E-state index >= 15 is 0 Å². The second-order valence-electron chi connectivity index (χ2n) is 7.19. The quantitative estimate of drug-likeness (QED) is 0.813. The molecule has 3 heterocycles. The van der Waals surface area contributed by atoms with E-state index in [2.05, 4.69) is 24.7 Å². The summed E-state index contributed by atoms with van der Waals surface area (Å²) in [7, 11) is 3.97. The lowest BCUT2D eigenvalue weighted by Crippen LogP contribution is -2.50. The maximum atomic E-state index is 12.5. The lowest BCUT2D eigenvalue weighted by molar-refractivity contribution is -0.132. The standard InChI is InChI=1S/C18H30N6O/c1-21(2)16-13-17(20-15-19-16)23-11-9-22(10-12-23)14-18(25)24-7-5-3-4-6-8-24/h13,15H,3-12,14H2,1-2H3. The van der Waals surface area contributed by atoms with Crippen molar-refractivity contribution in [3.8, 4) is 0 Å². The minimum absolute atomic E-state index is 0.298. The summed E-state index contributed by atoms with van der Waals surface area (Å²) in [5.41, 5.74) is 0. The van der Waals surface area contributed by atoms with Gasteiger partial charge in [0, 0.05) is 59.4 Å². The molecule has 0 saturated carbocycles. The Balaban J connectivity index is 1.50. The van der Waals surface area contributed by atoms with Crippen LogP contribution in [0.1, 0.15) is 25.7 Å². The smallest absolute Gasteiger partial charge is 0.236 e. The number of carbonyl (C=O) groups is 1. The molecule has 0 unspecified atom stereocenters. The lowest BCUT2D eigenvalue weighted by Gasteiger charge is -2.36. The molecule has 0 spiro atoms. The van der Waals surface area contributed by atoms with Crippen molar-refractivity contribution in [2.24, 2.45) is 0 Å². The minimum atomic E-state index is 0.298. The van der Waals surface area contributed by atoms with Crippen molar-refractivity contribution in [3.05, 3.63) is 12.4 Å². The summed E-state index contributed by atoms with van der Waals surface area (Å²) in [5.74, 6) is 2.19. The van der Waals surface area contributed by atoms with Crippen molar-refractivity contribution in [2.45, 2.75) is 25.7 Å². The number of carbonyl (C=O) groups excluding carboxylic acids is 1. The molecule has 2 saturated heterocycles. The first-order chi connectivity index (χ1) is 12.1. The average molecular weight is 346 g/mol. The van der Waals surface area contributed by atoms with Gasteiger partial charge < -0.3 is 14.7 Å².